The summed E-state index contributed by atoms with van der Waals surface area (Å²) in [6.07, 6.45) is 1.89. The van der Waals surface area contributed by atoms with Crippen molar-refractivity contribution in [2.24, 2.45) is 0 Å². The van der Waals surface area contributed by atoms with Crippen LogP contribution in [-0.2, 0) is 20.1 Å². The van der Waals surface area contributed by atoms with Crippen molar-refractivity contribution in [2.75, 3.05) is 0 Å². The maximum atomic E-state index is 8.48. The number of pyridine rings is 1. The summed E-state index contributed by atoms with van der Waals surface area (Å²) >= 11 is 0. The van der Waals surface area contributed by atoms with E-state index >= 15 is 0 Å². The van der Waals surface area contributed by atoms with Gasteiger partial charge in [0.2, 0.25) is 0 Å². The molecule has 0 aliphatic carbocycles. The van der Waals surface area contributed by atoms with E-state index in [1.54, 1.807) is 12.1 Å². The predicted octanol–water partition coefficient (Wildman–Crippen LogP) is 17.7. The van der Waals surface area contributed by atoms with Gasteiger partial charge >= 0.3 is 0 Å². The number of rotatable bonds is 8. The van der Waals surface area contributed by atoms with Crippen molar-refractivity contribution in [3.63, 3.8) is 0 Å². The van der Waals surface area contributed by atoms with Gasteiger partial charge in [0.05, 0.1) is 30.5 Å². The van der Waals surface area contributed by atoms with Crippen LogP contribution in [0.2, 0.25) is 19.6 Å². The van der Waals surface area contributed by atoms with Crippen LogP contribution in [0.5, 0.6) is 0 Å². The van der Waals surface area contributed by atoms with Crippen molar-refractivity contribution >= 4 is 67.8 Å². The van der Waals surface area contributed by atoms with Crippen LogP contribution in [-0.4, -0.2) is 22.6 Å². The molecule has 12 rings (SSSR count). The summed E-state index contributed by atoms with van der Waals surface area (Å²) in [6, 6.07) is 69.4. The predicted molar refractivity (Wildman–Crippen MR) is 303 cm³/mol. The topological polar surface area (TPSA) is 43.9 Å². The summed E-state index contributed by atoms with van der Waals surface area (Å²) in [5, 5.41) is 8.06. The zero-order valence-corrected chi connectivity index (χ0v) is 45.0. The van der Waals surface area contributed by atoms with E-state index in [9.17, 15) is 0 Å². The van der Waals surface area contributed by atoms with E-state index in [2.05, 4.69) is 207 Å². The van der Waals surface area contributed by atoms with Crippen LogP contribution in [0.25, 0.3) is 105 Å². The number of aryl methyl sites for hydroxylation is 1. The number of nitrogens with zero attached hydrogens (tertiary/aromatic N) is 3. The van der Waals surface area contributed by atoms with E-state index < -0.39 is 20.8 Å². The summed E-state index contributed by atoms with van der Waals surface area (Å²) in [4.78, 5) is 9.93. The molecule has 3 aromatic heterocycles. The Morgan fingerprint density at radius 2 is 1.31 bits per heavy atom. The average molecular weight is 1130 g/mol. The largest absolute Gasteiger partial charge is 0.500 e. The van der Waals surface area contributed by atoms with Crippen molar-refractivity contribution in [2.45, 2.75) is 66.0 Å². The number of furan rings is 1. The number of hydrogen-bond donors (Lipinski definition) is 0. The zero-order valence-electron chi connectivity index (χ0n) is 45.6. The third-order valence-electron chi connectivity index (χ3n) is 13.6. The van der Waals surface area contributed by atoms with E-state index in [-0.39, 0.29) is 31.6 Å². The van der Waals surface area contributed by atoms with Crippen molar-refractivity contribution in [1.29, 1.82) is 0 Å². The molecule has 72 heavy (non-hydrogen) atoms. The van der Waals surface area contributed by atoms with Crippen LogP contribution >= 0.6 is 0 Å². The Hall–Kier alpha value is -7.21. The molecule has 0 amide bonds. The minimum Gasteiger partial charge on any atom is -0.500 e. The van der Waals surface area contributed by atoms with Gasteiger partial charge in [-0.1, -0.05) is 198 Å². The SMILES string of the molecule is CC(C)c1cc(-c2ccccc2)cc(-c2ccccc2)c1-n1c(-c2[c-]ccc3c2oc2c3ccc3c4ccccc4ccc32)nc2ccccc21.[2H]C([2H])([2H])c1c[c-]c(-c2cc(C([2H])(C)C)c([Si](C)(C)C)cn2)cc1.[Ir]. The van der Waals surface area contributed by atoms with E-state index in [1.165, 1.54) is 44.1 Å². The third-order valence-corrected chi connectivity index (χ3v) is 15.6. The van der Waals surface area contributed by atoms with Crippen LogP contribution in [0, 0.1) is 19.0 Å². The number of aromatic nitrogens is 3. The molecule has 0 saturated heterocycles. The Bertz CT molecular complexity index is 4100. The Kier molecular flexibility index (Phi) is 12.0. The molecule has 1 radical (unpaired) electrons. The minimum absolute atomic E-state index is 0. The maximum Gasteiger partial charge on any atom is 0.128 e. The van der Waals surface area contributed by atoms with Gasteiger partial charge < -0.3 is 14.0 Å². The molecule has 0 aliphatic rings. The second kappa shape index (κ2) is 19.8. The van der Waals surface area contributed by atoms with E-state index in [0.29, 0.717) is 0 Å². The molecule has 0 saturated carbocycles. The Labute approximate surface area is 443 Å². The number of para-hydroxylation sites is 2. The number of hydrogen-bond acceptors (Lipinski definition) is 3. The maximum absolute atomic E-state index is 8.48. The first kappa shape index (κ1) is 43.6. The van der Waals surface area contributed by atoms with Gasteiger partial charge in [-0.3, -0.25) is 4.98 Å². The first-order valence-corrected chi connectivity index (χ1v) is 27.9. The van der Waals surface area contributed by atoms with Gasteiger partial charge in [0.15, 0.2) is 0 Å². The number of benzene rings is 9. The molecule has 6 heteroatoms. The molecule has 0 fully saturated rings. The van der Waals surface area contributed by atoms with Gasteiger partial charge in [-0.15, -0.1) is 53.6 Å². The Balaban J connectivity index is 0.000000223. The van der Waals surface area contributed by atoms with Crippen molar-refractivity contribution < 1.29 is 30.0 Å². The number of fused-ring (bicyclic) bond motifs is 8. The molecule has 0 bridgehead atoms. The summed E-state index contributed by atoms with van der Waals surface area (Å²) < 4.78 is 40.1. The van der Waals surface area contributed by atoms with Gasteiger partial charge in [-0.25, -0.2) is 0 Å². The Morgan fingerprint density at radius 3 is 2.03 bits per heavy atom. The van der Waals surface area contributed by atoms with Crippen LogP contribution in [0.15, 0.2) is 193 Å². The molecule has 0 atom stereocenters. The molecule has 4 nitrogen and oxygen atoms in total. The van der Waals surface area contributed by atoms with Gasteiger partial charge in [-0.2, -0.15) is 0 Å². The third kappa shape index (κ3) is 8.93. The van der Waals surface area contributed by atoms with Gasteiger partial charge in [0, 0.05) is 53.8 Å². The van der Waals surface area contributed by atoms with Gasteiger partial charge in [0.25, 0.3) is 0 Å². The molecule has 0 N–H and O–H groups in total. The molecule has 357 valence electrons. The zero-order chi connectivity index (χ0) is 52.4. The fourth-order valence-corrected chi connectivity index (χ4v) is 11.6. The van der Waals surface area contributed by atoms with Gasteiger partial charge in [-0.05, 0) is 85.4 Å². The van der Waals surface area contributed by atoms with E-state index in [4.69, 9.17) is 14.9 Å². The minimum atomic E-state index is -2.13. The second-order valence-electron chi connectivity index (χ2n) is 20.0. The van der Waals surface area contributed by atoms with E-state index in [0.717, 1.165) is 83.4 Å². The van der Waals surface area contributed by atoms with Crippen molar-refractivity contribution in [3.05, 3.63) is 217 Å². The standard InChI is InChI=1S/C48H33N2O.C18H24NSi.Ir/c1-30(2)41-28-34(31-14-5-3-6-15-31)29-42(32-16-7-4-8-17-32)45(41)50-44-23-12-11-22-43(44)49-48(50)40-21-13-20-37-39-27-26-36-35-19-10-9-18-33(35)24-25-38(36)46(39)51-47(37)40;1-13(2)16-11-17(15-9-7-14(3)8-10-15)19-12-18(16)20(4,5)6;/h3-20,22-30H,1-2H3;7-9,11-13H,1-6H3;/q2*-1;/i;3D3,13D;. The second-order valence-corrected chi connectivity index (χ2v) is 25.0. The smallest absolute Gasteiger partial charge is 0.128 e. The van der Waals surface area contributed by atoms with E-state index in [1.807, 2.05) is 32.2 Å². The van der Waals surface area contributed by atoms with Crippen molar-refractivity contribution in [3.8, 4) is 50.6 Å². The fraction of sp³-hybridized carbons (Fsp3) is 0.152. The first-order valence-electron chi connectivity index (χ1n) is 26.4. The molecular weight excluding hydrogens is 1070 g/mol. The fourth-order valence-electron chi connectivity index (χ4n) is 10.1. The summed E-state index contributed by atoms with van der Waals surface area (Å²) in [5.41, 5.74) is 14.3. The van der Waals surface area contributed by atoms with Crippen LogP contribution < -0.4 is 5.19 Å². The van der Waals surface area contributed by atoms with Crippen LogP contribution in [0.1, 0.15) is 61.7 Å². The van der Waals surface area contributed by atoms with Gasteiger partial charge in [0.1, 0.15) is 5.58 Å². The van der Waals surface area contributed by atoms with Crippen molar-refractivity contribution in [1.82, 2.24) is 14.5 Å². The normalized spacial score (nSPS) is 12.9. The average Bonchev–Trinajstić information content (AvgIpc) is 4.04. The molecule has 12 aromatic rings. The first-order chi connectivity index (χ1) is 35.9. The molecule has 0 spiro atoms. The van der Waals surface area contributed by atoms with Crippen LogP contribution in [0.4, 0.5) is 0 Å². The molecule has 9 aromatic carbocycles. The monoisotopic (exact) mass is 1130 g/mol. The van der Waals surface area contributed by atoms with Crippen LogP contribution in [0.3, 0.4) is 0 Å². The Morgan fingerprint density at radius 1 is 0.625 bits per heavy atom. The quantitative estimate of drug-likeness (QED) is 0.0865. The molecular formula is C66H57IrN3OSi-2. The molecule has 0 unspecified atom stereocenters. The summed E-state index contributed by atoms with van der Waals surface area (Å²) in [6.45, 7) is 12.9. The summed E-state index contributed by atoms with van der Waals surface area (Å²) in [5.74, 6) is 0.320. The molecule has 3 heterocycles. The molecule has 0 aliphatic heterocycles. The summed E-state index contributed by atoms with van der Waals surface area (Å²) in [7, 11) is -1.61. The number of imidazole rings is 1.